The minimum absolute atomic E-state index is 0.0469. The second-order valence-corrected chi connectivity index (χ2v) is 11.3. The average molecular weight is 532 g/mol. The largest absolute Gasteiger partial charge is 0.494 e. The molecule has 0 bridgehead atoms. The van der Waals surface area contributed by atoms with E-state index in [1.54, 1.807) is 29.2 Å². The molecule has 0 radical (unpaired) electrons. The number of hydrogen-bond donors (Lipinski definition) is 1. The van der Waals surface area contributed by atoms with Crippen molar-refractivity contribution in [3.05, 3.63) is 59.7 Å². The third-order valence-corrected chi connectivity index (χ3v) is 7.20. The Morgan fingerprint density at radius 2 is 1.68 bits per heavy atom. The summed E-state index contributed by atoms with van der Waals surface area (Å²) in [5.41, 5.74) is 2.52. The van der Waals surface area contributed by atoms with Gasteiger partial charge in [0.1, 0.15) is 11.8 Å². The van der Waals surface area contributed by atoms with Crippen molar-refractivity contribution in [1.82, 2.24) is 10.2 Å². The molecule has 2 rings (SSSR count). The predicted molar refractivity (Wildman–Crippen MR) is 148 cm³/mol. The first-order valence-corrected chi connectivity index (χ1v) is 14.7. The zero-order valence-electron chi connectivity index (χ0n) is 22.9. The number of carbonyl (C=O) groups is 2. The molecule has 2 aromatic rings. The van der Waals surface area contributed by atoms with Gasteiger partial charge in [-0.3, -0.25) is 13.9 Å². The molecule has 0 fully saturated rings. The molecular formula is C28H41N3O5S. The zero-order chi connectivity index (χ0) is 27.6. The molecule has 0 aliphatic rings. The van der Waals surface area contributed by atoms with Gasteiger partial charge in [-0.1, -0.05) is 31.2 Å². The lowest BCUT2D eigenvalue weighted by atomic mass is 10.0. The Balaban J connectivity index is 2.21. The number of carbonyl (C=O) groups excluding carboxylic acids is 2. The Kier molecular flexibility index (Phi) is 11.4. The van der Waals surface area contributed by atoms with Crippen LogP contribution in [0.4, 0.5) is 5.69 Å². The van der Waals surface area contributed by atoms with Gasteiger partial charge in [0.15, 0.2) is 0 Å². The second kappa shape index (κ2) is 14.0. The van der Waals surface area contributed by atoms with Gasteiger partial charge in [0.05, 0.1) is 18.6 Å². The first-order chi connectivity index (χ1) is 17.5. The fourth-order valence-corrected chi connectivity index (χ4v) is 5.12. The molecule has 1 atom stereocenters. The lowest BCUT2D eigenvalue weighted by Crippen LogP contribution is -2.50. The van der Waals surface area contributed by atoms with E-state index in [2.05, 4.69) is 5.32 Å². The van der Waals surface area contributed by atoms with Crippen LogP contribution in [-0.2, 0) is 26.2 Å². The highest BCUT2D eigenvalue weighted by atomic mass is 32.2. The van der Waals surface area contributed by atoms with Crippen molar-refractivity contribution in [3.63, 3.8) is 0 Å². The number of nitrogens with zero attached hydrogens (tertiary/aromatic N) is 2. The van der Waals surface area contributed by atoms with Crippen molar-refractivity contribution in [2.45, 2.75) is 72.5 Å². The highest BCUT2D eigenvalue weighted by Crippen LogP contribution is 2.23. The van der Waals surface area contributed by atoms with Crippen molar-refractivity contribution < 1.29 is 22.7 Å². The molecular weight excluding hydrogens is 490 g/mol. The number of hydrogen-bond acceptors (Lipinski definition) is 5. The maximum Gasteiger partial charge on any atom is 0.243 e. The number of aryl methyl sites for hydroxylation is 1. The molecule has 0 saturated heterocycles. The molecule has 8 nitrogen and oxygen atoms in total. The summed E-state index contributed by atoms with van der Waals surface area (Å²) >= 11 is 0. The number of amides is 2. The standard InChI is InChI=1S/C28H41N3O5S/c1-7-26(28(33)29-21(3)4)30(20-23-13-10-9-12-22(23)5)27(32)14-11-19-31(37(6,34)35)24-15-17-25(18-16-24)36-8-2/h9-10,12-13,15-18,21,26H,7-8,11,14,19-20H2,1-6H3,(H,29,33)/t26-/m0/s1. The van der Waals surface area contributed by atoms with Crippen molar-refractivity contribution >= 4 is 27.5 Å². The second-order valence-electron chi connectivity index (χ2n) is 9.40. The van der Waals surface area contributed by atoms with E-state index < -0.39 is 16.1 Å². The van der Waals surface area contributed by atoms with Crippen LogP contribution in [0.5, 0.6) is 5.75 Å². The summed E-state index contributed by atoms with van der Waals surface area (Å²) in [4.78, 5) is 28.1. The Morgan fingerprint density at radius 3 is 2.22 bits per heavy atom. The van der Waals surface area contributed by atoms with E-state index in [9.17, 15) is 18.0 Å². The van der Waals surface area contributed by atoms with Crippen molar-refractivity contribution in [2.24, 2.45) is 0 Å². The lowest BCUT2D eigenvalue weighted by molar-refractivity contribution is -0.141. The molecule has 2 aromatic carbocycles. The van der Waals surface area contributed by atoms with Gasteiger partial charge in [0.25, 0.3) is 0 Å². The summed E-state index contributed by atoms with van der Waals surface area (Å²) in [6.07, 6.45) is 2.04. The first kappa shape index (κ1) is 30.2. The fraction of sp³-hybridized carbons (Fsp3) is 0.500. The normalized spacial score (nSPS) is 12.2. The van der Waals surface area contributed by atoms with Crippen LogP contribution in [0.25, 0.3) is 0 Å². The van der Waals surface area contributed by atoms with Gasteiger partial charge in [0.2, 0.25) is 21.8 Å². The zero-order valence-corrected chi connectivity index (χ0v) is 23.7. The predicted octanol–water partition coefficient (Wildman–Crippen LogP) is 4.27. The number of sulfonamides is 1. The summed E-state index contributed by atoms with van der Waals surface area (Å²) in [5, 5.41) is 2.93. The van der Waals surface area contributed by atoms with Crippen molar-refractivity contribution in [2.75, 3.05) is 23.7 Å². The summed E-state index contributed by atoms with van der Waals surface area (Å²) in [6, 6.07) is 14.0. The van der Waals surface area contributed by atoms with E-state index in [0.717, 1.165) is 17.4 Å². The molecule has 0 aliphatic heterocycles. The third-order valence-electron chi connectivity index (χ3n) is 6.01. The Hall–Kier alpha value is -3.07. The number of benzene rings is 2. The van der Waals surface area contributed by atoms with Gasteiger partial charge in [-0.15, -0.1) is 0 Å². The number of ether oxygens (including phenoxy) is 1. The van der Waals surface area contributed by atoms with Crippen LogP contribution in [-0.4, -0.2) is 56.6 Å². The van der Waals surface area contributed by atoms with Crippen LogP contribution in [0.1, 0.15) is 58.1 Å². The van der Waals surface area contributed by atoms with E-state index in [1.807, 2.05) is 58.9 Å². The molecule has 0 unspecified atom stereocenters. The van der Waals surface area contributed by atoms with Gasteiger partial charge in [-0.05, 0) is 75.9 Å². The van der Waals surface area contributed by atoms with Crippen LogP contribution >= 0.6 is 0 Å². The molecule has 0 heterocycles. The van der Waals surface area contributed by atoms with Gasteiger partial charge in [0, 0.05) is 25.6 Å². The molecule has 1 N–H and O–H groups in total. The summed E-state index contributed by atoms with van der Waals surface area (Å²) < 4.78 is 31.8. The van der Waals surface area contributed by atoms with E-state index in [-0.39, 0.29) is 30.8 Å². The number of rotatable bonds is 14. The number of anilines is 1. The molecule has 0 aliphatic carbocycles. The Morgan fingerprint density at radius 1 is 1.03 bits per heavy atom. The lowest BCUT2D eigenvalue weighted by Gasteiger charge is -2.32. The first-order valence-electron chi connectivity index (χ1n) is 12.8. The van der Waals surface area contributed by atoms with E-state index >= 15 is 0 Å². The van der Waals surface area contributed by atoms with E-state index in [1.165, 1.54) is 4.31 Å². The highest BCUT2D eigenvalue weighted by molar-refractivity contribution is 7.92. The molecule has 0 aromatic heterocycles. The Bertz CT molecular complexity index is 1130. The third kappa shape index (κ3) is 9.07. The molecule has 0 spiro atoms. The molecule has 2 amide bonds. The average Bonchev–Trinajstić information content (AvgIpc) is 2.82. The molecule has 37 heavy (non-hydrogen) atoms. The smallest absolute Gasteiger partial charge is 0.243 e. The van der Waals surface area contributed by atoms with Crippen LogP contribution < -0.4 is 14.4 Å². The summed E-state index contributed by atoms with van der Waals surface area (Å²) in [7, 11) is -3.56. The topological polar surface area (TPSA) is 96.0 Å². The van der Waals surface area contributed by atoms with Gasteiger partial charge in [-0.2, -0.15) is 0 Å². The van der Waals surface area contributed by atoms with E-state index in [0.29, 0.717) is 37.4 Å². The van der Waals surface area contributed by atoms with Crippen LogP contribution in [0.15, 0.2) is 48.5 Å². The Labute approximate surface area is 222 Å². The molecule has 9 heteroatoms. The van der Waals surface area contributed by atoms with E-state index in [4.69, 9.17) is 4.74 Å². The van der Waals surface area contributed by atoms with Gasteiger partial charge >= 0.3 is 0 Å². The molecule has 0 saturated carbocycles. The van der Waals surface area contributed by atoms with Crippen LogP contribution in [0.3, 0.4) is 0 Å². The summed E-state index contributed by atoms with van der Waals surface area (Å²) in [6.45, 7) is 10.5. The van der Waals surface area contributed by atoms with Crippen molar-refractivity contribution in [3.8, 4) is 5.75 Å². The van der Waals surface area contributed by atoms with Gasteiger partial charge < -0.3 is 15.0 Å². The maximum atomic E-state index is 13.5. The van der Waals surface area contributed by atoms with Crippen LogP contribution in [0, 0.1) is 6.92 Å². The SMILES string of the molecule is CCOc1ccc(N(CCCC(=O)N(Cc2ccccc2C)[C@@H](CC)C(=O)NC(C)C)S(C)(=O)=O)cc1. The fourth-order valence-electron chi connectivity index (χ4n) is 4.15. The van der Waals surface area contributed by atoms with Crippen LogP contribution in [0.2, 0.25) is 0 Å². The summed E-state index contributed by atoms with van der Waals surface area (Å²) in [5.74, 6) is 0.285. The minimum atomic E-state index is -3.56. The quantitative estimate of drug-likeness (QED) is 0.393. The number of nitrogens with one attached hydrogen (secondary N) is 1. The minimum Gasteiger partial charge on any atom is -0.494 e. The molecule has 204 valence electrons. The van der Waals surface area contributed by atoms with Crippen molar-refractivity contribution in [1.29, 1.82) is 0 Å². The highest BCUT2D eigenvalue weighted by Gasteiger charge is 2.29. The maximum absolute atomic E-state index is 13.5. The van der Waals surface area contributed by atoms with Gasteiger partial charge in [-0.25, -0.2) is 8.42 Å². The monoisotopic (exact) mass is 531 g/mol.